The number of carbonyl (C=O) groups excluding carboxylic acids is 2. The lowest BCUT2D eigenvalue weighted by atomic mass is 10.3. The molecule has 4 nitrogen and oxygen atoms in total. The molecule has 108 valence electrons. The number of esters is 2. The van der Waals surface area contributed by atoms with Crippen molar-refractivity contribution in [1.82, 2.24) is 0 Å². The third-order valence-electron chi connectivity index (χ3n) is 2.43. The Morgan fingerprint density at radius 1 is 0.762 bits per heavy atom. The minimum Gasteiger partial charge on any atom is -0.426 e. The second-order valence-corrected chi connectivity index (χ2v) is 5.27. The molecule has 0 fully saturated rings. The van der Waals surface area contributed by atoms with Crippen LogP contribution in [-0.4, -0.2) is 11.9 Å². The Balaban J connectivity index is 2.30. The van der Waals surface area contributed by atoms with Crippen LogP contribution in [0.15, 0.2) is 58.3 Å². The third-order valence-corrected chi connectivity index (χ3v) is 3.54. The Kier molecular flexibility index (Phi) is 5.00. The summed E-state index contributed by atoms with van der Waals surface area (Å²) in [6, 6.07) is 14.4. The van der Waals surface area contributed by atoms with Crippen LogP contribution in [0.1, 0.15) is 13.8 Å². The van der Waals surface area contributed by atoms with E-state index in [1.165, 1.54) is 25.6 Å². The number of ether oxygens (including phenoxy) is 2. The van der Waals surface area contributed by atoms with Crippen LogP contribution in [0.4, 0.5) is 0 Å². The van der Waals surface area contributed by atoms with E-state index in [0.29, 0.717) is 11.5 Å². The number of hydrogen-bond donors (Lipinski definition) is 0. The maximum Gasteiger partial charge on any atom is 0.308 e. The first kappa shape index (κ1) is 15.1. The van der Waals surface area contributed by atoms with Gasteiger partial charge in [-0.2, -0.15) is 0 Å². The van der Waals surface area contributed by atoms with Gasteiger partial charge in [-0.25, -0.2) is 0 Å². The first-order valence-electron chi connectivity index (χ1n) is 6.29. The fraction of sp³-hybridized carbons (Fsp3) is 0.125. The van der Waals surface area contributed by atoms with Crippen molar-refractivity contribution in [2.45, 2.75) is 23.6 Å². The van der Waals surface area contributed by atoms with Gasteiger partial charge in [0, 0.05) is 13.8 Å². The van der Waals surface area contributed by atoms with Crippen molar-refractivity contribution in [1.29, 1.82) is 0 Å². The van der Waals surface area contributed by atoms with E-state index in [1.807, 2.05) is 24.3 Å². The number of carbonyl (C=O) groups is 2. The minimum absolute atomic E-state index is 0.378. The second kappa shape index (κ2) is 6.95. The van der Waals surface area contributed by atoms with Gasteiger partial charge in [-0.05, 0) is 24.3 Å². The van der Waals surface area contributed by atoms with Crippen molar-refractivity contribution in [3.05, 3.63) is 48.5 Å². The van der Waals surface area contributed by atoms with E-state index in [2.05, 4.69) is 0 Å². The van der Waals surface area contributed by atoms with Gasteiger partial charge >= 0.3 is 11.9 Å². The topological polar surface area (TPSA) is 52.6 Å². The first-order chi connectivity index (χ1) is 10.1. The zero-order valence-electron chi connectivity index (χ0n) is 11.7. The van der Waals surface area contributed by atoms with Crippen molar-refractivity contribution in [2.75, 3.05) is 0 Å². The Bertz CT molecular complexity index is 609. The van der Waals surface area contributed by atoms with Crippen molar-refractivity contribution < 1.29 is 19.1 Å². The molecule has 5 heteroatoms. The number of benzene rings is 2. The Labute approximate surface area is 127 Å². The molecule has 0 saturated carbocycles. The fourth-order valence-corrected chi connectivity index (χ4v) is 2.62. The molecule has 0 aliphatic carbocycles. The Morgan fingerprint density at radius 2 is 1.14 bits per heavy atom. The summed E-state index contributed by atoms with van der Waals surface area (Å²) in [6.45, 7) is 2.71. The summed E-state index contributed by atoms with van der Waals surface area (Å²) >= 11 is 1.37. The normalized spacial score (nSPS) is 10.0. The van der Waals surface area contributed by atoms with Crippen LogP contribution in [0.2, 0.25) is 0 Å². The second-order valence-electron chi connectivity index (χ2n) is 4.18. The smallest absolute Gasteiger partial charge is 0.308 e. The molecule has 0 radical (unpaired) electrons. The van der Waals surface area contributed by atoms with Gasteiger partial charge < -0.3 is 9.47 Å². The van der Waals surface area contributed by atoms with Gasteiger partial charge in [0.25, 0.3) is 0 Å². The number of para-hydroxylation sites is 2. The quantitative estimate of drug-likeness (QED) is 0.637. The average Bonchev–Trinajstić information content (AvgIpc) is 2.42. The Hall–Kier alpha value is -2.27. The molecule has 0 saturated heterocycles. The van der Waals surface area contributed by atoms with Crippen LogP contribution < -0.4 is 9.47 Å². The van der Waals surface area contributed by atoms with Crippen LogP contribution in [-0.2, 0) is 9.59 Å². The summed E-state index contributed by atoms with van der Waals surface area (Å²) in [5.74, 6) is 0.202. The molecule has 0 aliphatic rings. The lowest BCUT2D eigenvalue weighted by Gasteiger charge is -2.11. The molecule has 0 spiro atoms. The summed E-state index contributed by atoms with van der Waals surface area (Å²) in [5.41, 5.74) is 0. The predicted molar refractivity (Wildman–Crippen MR) is 79.6 cm³/mol. The molecule has 0 unspecified atom stereocenters. The highest BCUT2D eigenvalue weighted by Gasteiger charge is 2.11. The van der Waals surface area contributed by atoms with Crippen LogP contribution in [0, 0.1) is 0 Å². The summed E-state index contributed by atoms with van der Waals surface area (Å²) < 4.78 is 10.3. The number of rotatable bonds is 4. The predicted octanol–water partition coefficient (Wildman–Crippen LogP) is 3.69. The van der Waals surface area contributed by atoms with Gasteiger partial charge in [0.05, 0.1) is 9.79 Å². The molecule has 0 atom stereocenters. The highest BCUT2D eigenvalue weighted by Crippen LogP contribution is 2.39. The molecular weight excluding hydrogens is 288 g/mol. The van der Waals surface area contributed by atoms with E-state index in [9.17, 15) is 9.59 Å². The molecule has 0 aliphatic heterocycles. The SMILES string of the molecule is CC(=O)Oc1ccccc1Sc1ccccc1OC(C)=O. The first-order valence-corrected chi connectivity index (χ1v) is 7.10. The molecule has 0 aromatic heterocycles. The molecule has 0 N–H and O–H groups in total. The molecule has 0 heterocycles. The van der Waals surface area contributed by atoms with Crippen molar-refractivity contribution in [3.8, 4) is 11.5 Å². The van der Waals surface area contributed by atoms with Gasteiger partial charge in [-0.3, -0.25) is 9.59 Å². The molecule has 21 heavy (non-hydrogen) atoms. The lowest BCUT2D eigenvalue weighted by molar-refractivity contribution is -0.133. The zero-order valence-corrected chi connectivity index (χ0v) is 12.5. The van der Waals surface area contributed by atoms with Crippen molar-refractivity contribution in [2.24, 2.45) is 0 Å². The summed E-state index contributed by atoms with van der Waals surface area (Å²) in [4.78, 5) is 23.8. The van der Waals surface area contributed by atoms with E-state index < -0.39 is 0 Å². The largest absolute Gasteiger partial charge is 0.426 e. The van der Waals surface area contributed by atoms with Crippen LogP contribution in [0.25, 0.3) is 0 Å². The maximum atomic E-state index is 11.1. The van der Waals surface area contributed by atoms with Gasteiger partial charge in [0.15, 0.2) is 0 Å². The standard InChI is InChI=1S/C16H14O4S/c1-11(17)19-13-7-3-5-9-15(13)21-16-10-6-4-8-14(16)20-12(2)18/h3-10H,1-2H3. The molecule has 0 bridgehead atoms. The molecule has 0 amide bonds. The van der Waals surface area contributed by atoms with Crippen LogP contribution >= 0.6 is 11.8 Å². The fourth-order valence-electron chi connectivity index (χ4n) is 1.67. The molecule has 2 aromatic rings. The zero-order chi connectivity index (χ0) is 15.2. The van der Waals surface area contributed by atoms with Gasteiger partial charge in [0.1, 0.15) is 11.5 Å². The minimum atomic E-state index is -0.378. The van der Waals surface area contributed by atoms with Crippen LogP contribution in [0.3, 0.4) is 0 Å². The number of hydrogen-bond acceptors (Lipinski definition) is 5. The highest BCUT2D eigenvalue weighted by atomic mass is 32.2. The van der Waals surface area contributed by atoms with Gasteiger partial charge in [0.2, 0.25) is 0 Å². The van der Waals surface area contributed by atoms with E-state index in [0.717, 1.165) is 9.79 Å². The van der Waals surface area contributed by atoms with Gasteiger partial charge in [-0.1, -0.05) is 36.0 Å². The van der Waals surface area contributed by atoms with E-state index in [1.54, 1.807) is 24.3 Å². The summed E-state index contributed by atoms with van der Waals surface area (Å²) in [6.07, 6.45) is 0. The summed E-state index contributed by atoms with van der Waals surface area (Å²) in [7, 11) is 0. The van der Waals surface area contributed by atoms with E-state index in [4.69, 9.17) is 9.47 Å². The average molecular weight is 302 g/mol. The van der Waals surface area contributed by atoms with E-state index >= 15 is 0 Å². The lowest BCUT2D eigenvalue weighted by Crippen LogP contribution is -2.03. The van der Waals surface area contributed by atoms with Crippen LogP contribution in [0.5, 0.6) is 11.5 Å². The third kappa shape index (κ3) is 4.36. The van der Waals surface area contributed by atoms with Crippen molar-refractivity contribution >= 4 is 23.7 Å². The highest BCUT2D eigenvalue weighted by molar-refractivity contribution is 7.99. The van der Waals surface area contributed by atoms with Crippen molar-refractivity contribution in [3.63, 3.8) is 0 Å². The molecule has 2 rings (SSSR count). The van der Waals surface area contributed by atoms with Gasteiger partial charge in [-0.15, -0.1) is 0 Å². The monoisotopic (exact) mass is 302 g/mol. The molecule has 2 aromatic carbocycles. The Morgan fingerprint density at radius 3 is 1.52 bits per heavy atom. The van der Waals surface area contributed by atoms with E-state index in [-0.39, 0.29) is 11.9 Å². The summed E-state index contributed by atoms with van der Waals surface area (Å²) in [5, 5.41) is 0. The molecular formula is C16H14O4S. The maximum absolute atomic E-state index is 11.1.